The molecule has 1 aromatic rings. The molecule has 0 radical (unpaired) electrons. The molecule has 0 atom stereocenters. The fourth-order valence-electron chi connectivity index (χ4n) is 0.893. The number of thiophene rings is 1. The van der Waals surface area contributed by atoms with Gasteiger partial charge < -0.3 is 9.84 Å². The Labute approximate surface area is 109 Å². The fraction of sp³-hybridized carbons (Fsp3) is 0.111. The Bertz CT molecular complexity index is 429. The van der Waals surface area contributed by atoms with E-state index in [1.165, 1.54) is 6.08 Å². The van der Waals surface area contributed by atoms with Gasteiger partial charge in [-0.05, 0) is 28.7 Å². The third-order valence-electron chi connectivity index (χ3n) is 1.47. The number of aromatic carboxylic acids is 1. The lowest BCUT2D eigenvalue weighted by molar-refractivity contribution is 0.0703. The predicted octanol–water partition coefficient (Wildman–Crippen LogP) is 2.79. The molecule has 1 amide bonds. The number of anilines is 1. The van der Waals surface area contributed by atoms with Gasteiger partial charge in [0.15, 0.2) is 0 Å². The molecule has 0 bridgehead atoms. The third-order valence-corrected chi connectivity index (χ3v) is 3.35. The lowest BCUT2D eigenvalue weighted by Crippen LogP contribution is -2.14. The highest BCUT2D eigenvalue weighted by molar-refractivity contribution is 14.1. The van der Waals surface area contributed by atoms with Gasteiger partial charge in [0.1, 0.15) is 11.5 Å². The first-order valence-electron chi connectivity index (χ1n) is 4.12. The molecule has 0 aliphatic carbocycles. The molecule has 0 saturated heterocycles. The standard InChI is InChI=1S/C9H8INO4S/c1-2-3-15-9(14)11-5-4-6(10)16-7(5)8(12)13/h2,4H,1,3H2,(H,11,14)(H,12,13). The van der Waals surface area contributed by atoms with Crippen molar-refractivity contribution in [3.8, 4) is 0 Å². The molecule has 0 unspecified atom stereocenters. The van der Waals surface area contributed by atoms with Gasteiger partial charge in [-0.3, -0.25) is 5.32 Å². The zero-order valence-electron chi connectivity index (χ0n) is 8.03. The van der Waals surface area contributed by atoms with Crippen LogP contribution in [0.4, 0.5) is 10.5 Å². The molecule has 7 heteroatoms. The smallest absolute Gasteiger partial charge is 0.411 e. The summed E-state index contributed by atoms with van der Waals surface area (Å²) < 4.78 is 5.45. The summed E-state index contributed by atoms with van der Waals surface area (Å²) in [5, 5.41) is 11.2. The van der Waals surface area contributed by atoms with Crippen molar-refractivity contribution in [1.82, 2.24) is 0 Å². The molecule has 0 aliphatic rings. The van der Waals surface area contributed by atoms with Crippen LogP contribution in [0.5, 0.6) is 0 Å². The van der Waals surface area contributed by atoms with Crippen LogP contribution in [0, 0.1) is 2.88 Å². The van der Waals surface area contributed by atoms with Crippen molar-refractivity contribution in [3.05, 3.63) is 26.5 Å². The molecule has 5 nitrogen and oxygen atoms in total. The summed E-state index contributed by atoms with van der Waals surface area (Å²) in [7, 11) is 0. The van der Waals surface area contributed by atoms with Crippen LogP contribution in [-0.2, 0) is 4.74 Å². The number of rotatable bonds is 4. The molecule has 0 fully saturated rings. The highest BCUT2D eigenvalue weighted by Crippen LogP contribution is 2.28. The summed E-state index contributed by atoms with van der Waals surface area (Å²) in [5.74, 6) is -1.08. The van der Waals surface area contributed by atoms with Crippen molar-refractivity contribution >= 4 is 51.7 Å². The van der Waals surface area contributed by atoms with E-state index in [0.717, 1.165) is 14.2 Å². The quantitative estimate of drug-likeness (QED) is 0.645. The van der Waals surface area contributed by atoms with E-state index in [1.807, 2.05) is 22.6 Å². The van der Waals surface area contributed by atoms with Gasteiger partial charge in [-0.25, -0.2) is 9.59 Å². The molecule has 1 aromatic heterocycles. The number of amides is 1. The van der Waals surface area contributed by atoms with Crippen molar-refractivity contribution in [1.29, 1.82) is 0 Å². The van der Waals surface area contributed by atoms with Crippen LogP contribution in [-0.4, -0.2) is 23.8 Å². The maximum absolute atomic E-state index is 11.2. The van der Waals surface area contributed by atoms with Crippen LogP contribution in [0.1, 0.15) is 9.67 Å². The number of ether oxygens (including phenoxy) is 1. The van der Waals surface area contributed by atoms with Crippen LogP contribution in [0.3, 0.4) is 0 Å². The molecule has 16 heavy (non-hydrogen) atoms. The van der Waals surface area contributed by atoms with Gasteiger partial charge >= 0.3 is 12.1 Å². The minimum Gasteiger partial charge on any atom is -0.477 e. The molecular weight excluding hydrogens is 345 g/mol. The highest BCUT2D eigenvalue weighted by atomic mass is 127. The lowest BCUT2D eigenvalue weighted by Gasteiger charge is -2.03. The Balaban J connectivity index is 2.76. The Morgan fingerprint density at radius 3 is 2.94 bits per heavy atom. The topological polar surface area (TPSA) is 75.6 Å². The van der Waals surface area contributed by atoms with Crippen molar-refractivity contribution in [2.75, 3.05) is 11.9 Å². The van der Waals surface area contributed by atoms with Gasteiger partial charge in [0, 0.05) is 0 Å². The highest BCUT2D eigenvalue weighted by Gasteiger charge is 2.16. The minimum atomic E-state index is -1.08. The fourth-order valence-corrected chi connectivity index (χ4v) is 2.54. The summed E-state index contributed by atoms with van der Waals surface area (Å²) in [6.07, 6.45) is 0.728. The van der Waals surface area contributed by atoms with Crippen molar-refractivity contribution in [2.24, 2.45) is 0 Å². The maximum Gasteiger partial charge on any atom is 0.411 e. The SMILES string of the molecule is C=CCOC(=O)Nc1cc(I)sc1C(=O)O. The Hall–Kier alpha value is -1.09. The van der Waals surface area contributed by atoms with Crippen LogP contribution in [0.25, 0.3) is 0 Å². The van der Waals surface area contributed by atoms with Crippen molar-refractivity contribution in [2.45, 2.75) is 0 Å². The van der Waals surface area contributed by atoms with Gasteiger partial charge in [0.2, 0.25) is 0 Å². The van der Waals surface area contributed by atoms with E-state index in [0.29, 0.717) is 0 Å². The monoisotopic (exact) mass is 353 g/mol. The minimum absolute atomic E-state index is 0.0788. The Kier molecular flexibility index (Phi) is 4.74. The van der Waals surface area contributed by atoms with E-state index in [1.54, 1.807) is 6.07 Å². The van der Waals surface area contributed by atoms with Gasteiger partial charge in [0.05, 0.1) is 8.57 Å². The van der Waals surface area contributed by atoms with E-state index >= 15 is 0 Å². The van der Waals surface area contributed by atoms with E-state index in [9.17, 15) is 9.59 Å². The lowest BCUT2D eigenvalue weighted by atomic mass is 10.4. The Morgan fingerprint density at radius 2 is 2.38 bits per heavy atom. The number of carboxylic acid groups (broad SMARTS) is 1. The van der Waals surface area contributed by atoms with E-state index < -0.39 is 12.1 Å². The van der Waals surface area contributed by atoms with Gasteiger partial charge in [-0.2, -0.15) is 0 Å². The number of carbonyl (C=O) groups is 2. The molecule has 2 N–H and O–H groups in total. The molecule has 1 rings (SSSR count). The summed E-state index contributed by atoms with van der Waals surface area (Å²) in [5.41, 5.74) is 0.246. The second kappa shape index (κ2) is 5.85. The maximum atomic E-state index is 11.2. The average molecular weight is 353 g/mol. The van der Waals surface area contributed by atoms with Gasteiger partial charge in [-0.15, -0.1) is 11.3 Å². The van der Waals surface area contributed by atoms with Gasteiger partial charge in [0.25, 0.3) is 0 Å². The van der Waals surface area contributed by atoms with Crippen LogP contribution in [0.2, 0.25) is 0 Å². The molecule has 1 heterocycles. The number of carboxylic acids is 1. The summed E-state index contributed by atoms with van der Waals surface area (Å²) in [6.45, 7) is 3.47. The zero-order chi connectivity index (χ0) is 12.1. The van der Waals surface area contributed by atoms with E-state index in [-0.39, 0.29) is 17.2 Å². The Morgan fingerprint density at radius 1 is 1.69 bits per heavy atom. The number of hydrogen-bond donors (Lipinski definition) is 2. The number of hydrogen-bond acceptors (Lipinski definition) is 4. The number of halogens is 1. The summed E-state index contributed by atoms with van der Waals surface area (Å²) in [6, 6.07) is 1.57. The van der Waals surface area contributed by atoms with Crippen molar-refractivity contribution in [3.63, 3.8) is 0 Å². The molecule has 0 spiro atoms. The molecule has 0 aliphatic heterocycles. The second-order valence-corrected chi connectivity index (χ2v) is 5.56. The number of nitrogens with one attached hydrogen (secondary N) is 1. The largest absolute Gasteiger partial charge is 0.477 e. The first-order chi connectivity index (χ1) is 7.54. The summed E-state index contributed by atoms with van der Waals surface area (Å²) >= 11 is 3.07. The van der Waals surface area contributed by atoms with E-state index in [2.05, 4.69) is 16.6 Å². The zero-order valence-corrected chi connectivity index (χ0v) is 11.0. The van der Waals surface area contributed by atoms with Crippen LogP contribution < -0.4 is 5.32 Å². The first-order valence-corrected chi connectivity index (χ1v) is 6.01. The molecule has 0 saturated carbocycles. The molecule has 0 aromatic carbocycles. The first kappa shape index (κ1) is 13.0. The molecule has 86 valence electrons. The van der Waals surface area contributed by atoms with Gasteiger partial charge in [-0.1, -0.05) is 12.7 Å². The van der Waals surface area contributed by atoms with Crippen molar-refractivity contribution < 1.29 is 19.4 Å². The van der Waals surface area contributed by atoms with Crippen LogP contribution >= 0.6 is 33.9 Å². The second-order valence-electron chi connectivity index (χ2n) is 2.61. The van der Waals surface area contributed by atoms with E-state index in [4.69, 9.17) is 5.11 Å². The number of carbonyl (C=O) groups excluding carboxylic acids is 1. The third kappa shape index (κ3) is 3.49. The normalized spacial score (nSPS) is 9.56. The van der Waals surface area contributed by atoms with Crippen LogP contribution in [0.15, 0.2) is 18.7 Å². The predicted molar refractivity (Wildman–Crippen MR) is 69.2 cm³/mol. The average Bonchev–Trinajstić information content (AvgIpc) is 2.56. The summed E-state index contributed by atoms with van der Waals surface area (Å²) in [4.78, 5) is 22.1. The molecular formula is C9H8INO4S.